The topological polar surface area (TPSA) is 64.1 Å². The molecule has 1 N–H and O–H groups in total. The first-order valence-electron chi connectivity index (χ1n) is 8.63. The summed E-state index contributed by atoms with van der Waals surface area (Å²) in [6.45, 7) is 0. The number of aromatic nitrogens is 2. The maximum absolute atomic E-state index is 12.7. The third-order valence-electron chi connectivity index (χ3n) is 4.28. The molecule has 6 heteroatoms. The summed E-state index contributed by atoms with van der Waals surface area (Å²) < 4.78 is 5.26. The van der Waals surface area contributed by atoms with Crippen LogP contribution < -0.4 is 10.1 Å². The zero-order valence-corrected chi connectivity index (χ0v) is 15.8. The Morgan fingerprint density at radius 2 is 1.71 bits per heavy atom. The number of halogens is 1. The van der Waals surface area contributed by atoms with Crippen molar-refractivity contribution in [2.75, 3.05) is 12.4 Å². The standard InChI is InChI=1S/C22H16ClN3O2/c1-28-19-10-6-5-9-16(19)21(27)26-22-24-18-12-11-15(23)13-17(18)20(25-22)14-7-3-2-4-8-14/h2-13H,1H3,(H,24,25,26,27). The Balaban J connectivity index is 1.80. The molecular weight excluding hydrogens is 374 g/mol. The third kappa shape index (κ3) is 3.52. The molecule has 0 aliphatic heterocycles. The number of nitrogens with zero attached hydrogens (tertiary/aromatic N) is 2. The van der Waals surface area contributed by atoms with Gasteiger partial charge in [-0.3, -0.25) is 10.1 Å². The lowest BCUT2D eigenvalue weighted by molar-refractivity contribution is 0.102. The van der Waals surface area contributed by atoms with Crippen LogP contribution in [0.5, 0.6) is 5.75 Å². The van der Waals surface area contributed by atoms with Gasteiger partial charge in [0.2, 0.25) is 5.95 Å². The lowest BCUT2D eigenvalue weighted by atomic mass is 10.1. The summed E-state index contributed by atoms with van der Waals surface area (Å²) in [5.74, 6) is 0.352. The molecule has 0 saturated heterocycles. The average molecular weight is 390 g/mol. The van der Waals surface area contributed by atoms with Crippen LogP contribution in [-0.2, 0) is 0 Å². The number of ether oxygens (including phenoxy) is 1. The molecule has 0 aliphatic carbocycles. The summed E-state index contributed by atoms with van der Waals surface area (Å²) in [5.41, 5.74) is 2.70. The summed E-state index contributed by atoms with van der Waals surface area (Å²) in [6, 6.07) is 22.1. The summed E-state index contributed by atoms with van der Waals surface area (Å²) in [6.07, 6.45) is 0. The Morgan fingerprint density at radius 3 is 2.50 bits per heavy atom. The number of hydrogen-bond acceptors (Lipinski definition) is 4. The quantitative estimate of drug-likeness (QED) is 0.520. The Morgan fingerprint density at radius 1 is 0.964 bits per heavy atom. The number of anilines is 1. The zero-order valence-electron chi connectivity index (χ0n) is 15.0. The fraction of sp³-hybridized carbons (Fsp3) is 0.0455. The van der Waals surface area contributed by atoms with Crippen LogP contribution in [-0.4, -0.2) is 23.0 Å². The normalized spacial score (nSPS) is 10.6. The Hall–Kier alpha value is -3.44. The molecule has 0 saturated carbocycles. The van der Waals surface area contributed by atoms with E-state index in [4.69, 9.17) is 16.3 Å². The highest BCUT2D eigenvalue weighted by Gasteiger charge is 2.15. The summed E-state index contributed by atoms with van der Waals surface area (Å²) in [4.78, 5) is 21.8. The number of hydrogen-bond donors (Lipinski definition) is 1. The molecule has 0 radical (unpaired) electrons. The average Bonchev–Trinajstić information content (AvgIpc) is 2.74. The van der Waals surface area contributed by atoms with E-state index in [2.05, 4.69) is 15.3 Å². The van der Waals surface area contributed by atoms with Crippen LogP contribution in [0.2, 0.25) is 5.02 Å². The van der Waals surface area contributed by atoms with Crippen molar-refractivity contribution in [2.24, 2.45) is 0 Å². The van der Waals surface area contributed by atoms with Crippen molar-refractivity contribution in [3.63, 3.8) is 0 Å². The lowest BCUT2D eigenvalue weighted by Gasteiger charge is -2.11. The van der Waals surface area contributed by atoms with Crippen LogP contribution in [0.3, 0.4) is 0 Å². The molecule has 1 heterocycles. The van der Waals surface area contributed by atoms with Gasteiger partial charge in [-0.25, -0.2) is 9.97 Å². The number of rotatable bonds is 4. The highest BCUT2D eigenvalue weighted by molar-refractivity contribution is 6.31. The van der Waals surface area contributed by atoms with E-state index < -0.39 is 0 Å². The summed E-state index contributed by atoms with van der Waals surface area (Å²) in [5, 5.41) is 4.19. The van der Waals surface area contributed by atoms with E-state index >= 15 is 0 Å². The van der Waals surface area contributed by atoms with Crippen LogP contribution in [0.15, 0.2) is 72.8 Å². The van der Waals surface area contributed by atoms with E-state index in [0.717, 1.165) is 10.9 Å². The Bertz CT molecular complexity index is 1160. The molecule has 0 fully saturated rings. The smallest absolute Gasteiger partial charge is 0.261 e. The van der Waals surface area contributed by atoms with Gasteiger partial charge in [0.15, 0.2) is 0 Å². The minimum absolute atomic E-state index is 0.213. The maximum Gasteiger partial charge on any atom is 0.261 e. The number of fused-ring (bicyclic) bond motifs is 1. The second-order valence-corrected chi connectivity index (χ2v) is 6.51. The molecule has 0 spiro atoms. The number of amides is 1. The highest BCUT2D eigenvalue weighted by Crippen LogP contribution is 2.29. The van der Waals surface area contributed by atoms with Crippen molar-refractivity contribution in [1.29, 1.82) is 0 Å². The van der Waals surface area contributed by atoms with E-state index in [0.29, 0.717) is 27.5 Å². The molecule has 5 nitrogen and oxygen atoms in total. The van der Waals surface area contributed by atoms with Gasteiger partial charge in [-0.1, -0.05) is 54.1 Å². The van der Waals surface area contributed by atoms with Crippen LogP contribution in [0, 0.1) is 0 Å². The van der Waals surface area contributed by atoms with Gasteiger partial charge in [0.1, 0.15) is 5.75 Å². The summed E-state index contributed by atoms with van der Waals surface area (Å²) >= 11 is 6.18. The van der Waals surface area contributed by atoms with Crippen molar-refractivity contribution < 1.29 is 9.53 Å². The van der Waals surface area contributed by atoms with Crippen LogP contribution in [0.25, 0.3) is 22.2 Å². The third-order valence-corrected chi connectivity index (χ3v) is 4.52. The number of methoxy groups -OCH3 is 1. The largest absolute Gasteiger partial charge is 0.496 e. The minimum Gasteiger partial charge on any atom is -0.496 e. The van der Waals surface area contributed by atoms with Gasteiger partial charge >= 0.3 is 0 Å². The maximum atomic E-state index is 12.7. The van der Waals surface area contributed by atoms with Crippen molar-refractivity contribution in [3.05, 3.63) is 83.4 Å². The first kappa shape index (κ1) is 17.9. The van der Waals surface area contributed by atoms with Gasteiger partial charge in [0.05, 0.1) is 23.9 Å². The fourth-order valence-electron chi connectivity index (χ4n) is 2.97. The number of nitrogens with one attached hydrogen (secondary N) is 1. The van der Waals surface area contributed by atoms with E-state index in [-0.39, 0.29) is 11.9 Å². The van der Waals surface area contributed by atoms with Crippen LogP contribution >= 0.6 is 11.6 Å². The Labute approximate surface area is 167 Å². The molecule has 0 unspecified atom stereocenters. The lowest BCUT2D eigenvalue weighted by Crippen LogP contribution is -2.15. The minimum atomic E-state index is -0.343. The van der Waals surface area contributed by atoms with Gasteiger partial charge in [-0.05, 0) is 30.3 Å². The van der Waals surface area contributed by atoms with E-state index in [9.17, 15) is 4.79 Å². The van der Waals surface area contributed by atoms with Crippen LogP contribution in [0.1, 0.15) is 10.4 Å². The molecule has 28 heavy (non-hydrogen) atoms. The molecule has 138 valence electrons. The van der Waals surface area contributed by atoms with E-state index in [1.807, 2.05) is 42.5 Å². The molecule has 4 aromatic rings. The molecular formula is C22H16ClN3O2. The first-order valence-corrected chi connectivity index (χ1v) is 9.00. The molecule has 1 aromatic heterocycles. The molecule has 0 atom stereocenters. The monoisotopic (exact) mass is 389 g/mol. The zero-order chi connectivity index (χ0) is 19.5. The van der Waals surface area contributed by atoms with Crippen molar-refractivity contribution in [2.45, 2.75) is 0 Å². The molecule has 0 aliphatic rings. The fourth-order valence-corrected chi connectivity index (χ4v) is 3.15. The number of benzene rings is 3. The van der Waals surface area contributed by atoms with Gasteiger partial charge in [0, 0.05) is 16.0 Å². The first-order chi connectivity index (χ1) is 13.7. The summed E-state index contributed by atoms with van der Waals surface area (Å²) in [7, 11) is 1.52. The Kier molecular flexibility index (Phi) is 4.91. The SMILES string of the molecule is COc1ccccc1C(=O)Nc1nc(-c2ccccc2)c2cc(Cl)ccc2n1. The molecule has 3 aromatic carbocycles. The predicted octanol–water partition coefficient (Wildman–Crippen LogP) is 5.21. The number of para-hydroxylation sites is 1. The molecule has 0 bridgehead atoms. The van der Waals surface area contributed by atoms with Crippen molar-refractivity contribution in [1.82, 2.24) is 9.97 Å². The van der Waals surface area contributed by atoms with Gasteiger partial charge < -0.3 is 4.74 Å². The van der Waals surface area contributed by atoms with Crippen LogP contribution in [0.4, 0.5) is 5.95 Å². The van der Waals surface area contributed by atoms with Gasteiger partial charge in [-0.2, -0.15) is 0 Å². The van der Waals surface area contributed by atoms with Crippen molar-refractivity contribution >= 4 is 34.4 Å². The second kappa shape index (κ2) is 7.66. The van der Waals surface area contributed by atoms with Gasteiger partial charge in [-0.15, -0.1) is 0 Å². The second-order valence-electron chi connectivity index (χ2n) is 6.08. The van der Waals surface area contributed by atoms with E-state index in [1.54, 1.807) is 30.3 Å². The van der Waals surface area contributed by atoms with Crippen molar-refractivity contribution in [3.8, 4) is 17.0 Å². The number of carbonyl (C=O) groups excluding carboxylic acids is 1. The van der Waals surface area contributed by atoms with Gasteiger partial charge in [0.25, 0.3) is 5.91 Å². The molecule has 4 rings (SSSR count). The molecule has 1 amide bonds. The predicted molar refractivity (Wildman–Crippen MR) is 111 cm³/mol. The van der Waals surface area contributed by atoms with E-state index in [1.165, 1.54) is 7.11 Å². The highest BCUT2D eigenvalue weighted by atomic mass is 35.5. The number of carbonyl (C=O) groups is 1.